The van der Waals surface area contributed by atoms with Crippen LogP contribution in [-0.2, 0) is 9.53 Å². The molecule has 0 aliphatic heterocycles. The van der Waals surface area contributed by atoms with E-state index in [9.17, 15) is 4.79 Å². The Bertz CT molecular complexity index is 152. The van der Waals surface area contributed by atoms with Crippen LogP contribution in [0.5, 0.6) is 0 Å². The van der Waals surface area contributed by atoms with Gasteiger partial charge in [0.1, 0.15) is 6.04 Å². The average Bonchev–Trinajstić information content (AvgIpc) is 2.15. The molecule has 0 spiro atoms. The molecule has 14 heavy (non-hydrogen) atoms. The van der Waals surface area contributed by atoms with E-state index in [1.807, 2.05) is 6.92 Å². The molecule has 0 heterocycles. The molecule has 0 saturated carbocycles. The summed E-state index contributed by atoms with van der Waals surface area (Å²) in [6.45, 7) is 3.16. The van der Waals surface area contributed by atoms with Crippen molar-refractivity contribution in [3.8, 4) is 0 Å². The van der Waals surface area contributed by atoms with E-state index in [1.54, 1.807) is 0 Å². The van der Waals surface area contributed by atoms with Gasteiger partial charge in [0.15, 0.2) is 0 Å². The quantitative estimate of drug-likeness (QED) is 0.456. The molecule has 3 N–H and O–H groups in total. The molecule has 5 heteroatoms. The van der Waals surface area contributed by atoms with Gasteiger partial charge in [0.05, 0.1) is 19.8 Å². The lowest BCUT2D eigenvalue weighted by Crippen LogP contribution is -2.38. The van der Waals surface area contributed by atoms with Gasteiger partial charge in [-0.3, -0.25) is 4.79 Å². The maximum absolute atomic E-state index is 10.7. The van der Waals surface area contributed by atoms with Gasteiger partial charge in [-0.05, 0) is 6.42 Å². The Hall–Kier alpha value is -0.650. The third kappa shape index (κ3) is 6.82. The summed E-state index contributed by atoms with van der Waals surface area (Å²) >= 11 is 0. The second kappa shape index (κ2) is 8.93. The fraction of sp³-hybridized carbons (Fsp3) is 0.889. The summed E-state index contributed by atoms with van der Waals surface area (Å²) < 4.78 is 4.99. The maximum Gasteiger partial charge on any atom is 0.320 e. The van der Waals surface area contributed by atoms with Crippen LogP contribution in [0.3, 0.4) is 0 Å². The van der Waals surface area contributed by atoms with E-state index in [4.69, 9.17) is 14.9 Å². The average molecular weight is 205 g/mol. The molecule has 0 amide bonds. The van der Waals surface area contributed by atoms with Crippen molar-refractivity contribution < 1.29 is 19.7 Å². The van der Waals surface area contributed by atoms with Gasteiger partial charge in [0.25, 0.3) is 0 Å². The Morgan fingerprint density at radius 2 is 2.21 bits per heavy atom. The molecule has 0 fully saturated rings. The first-order valence-electron chi connectivity index (χ1n) is 4.87. The lowest BCUT2D eigenvalue weighted by atomic mass is 10.2. The standard InChI is InChI=1S/C9H19NO4/c1-2-3-8(9(12)13)10-4-6-14-7-5-11/h8,10-11H,2-7H2,1H3,(H,12,13). The van der Waals surface area contributed by atoms with Crippen LogP contribution in [0.4, 0.5) is 0 Å². The Kier molecular flexibility index (Phi) is 8.51. The van der Waals surface area contributed by atoms with Gasteiger partial charge in [-0.15, -0.1) is 0 Å². The second-order valence-electron chi connectivity index (χ2n) is 2.97. The molecule has 0 saturated heterocycles. The zero-order valence-electron chi connectivity index (χ0n) is 8.53. The molecule has 5 nitrogen and oxygen atoms in total. The number of carbonyl (C=O) groups is 1. The molecule has 1 atom stereocenters. The second-order valence-corrected chi connectivity index (χ2v) is 2.97. The van der Waals surface area contributed by atoms with Crippen LogP contribution in [-0.4, -0.2) is 48.6 Å². The predicted molar refractivity (Wildman–Crippen MR) is 52.2 cm³/mol. The summed E-state index contributed by atoms with van der Waals surface area (Å²) in [6, 6.07) is -0.488. The Labute approximate surface area is 84.1 Å². The molecule has 0 aromatic rings. The molecular formula is C9H19NO4. The van der Waals surface area contributed by atoms with Crippen LogP contribution in [0.2, 0.25) is 0 Å². The molecular weight excluding hydrogens is 186 g/mol. The molecule has 0 aliphatic rings. The van der Waals surface area contributed by atoms with Crippen LogP contribution in [0.25, 0.3) is 0 Å². The van der Waals surface area contributed by atoms with E-state index in [0.29, 0.717) is 26.2 Å². The van der Waals surface area contributed by atoms with Crippen LogP contribution in [0.1, 0.15) is 19.8 Å². The number of ether oxygens (including phenoxy) is 1. The van der Waals surface area contributed by atoms with E-state index in [2.05, 4.69) is 5.32 Å². The normalized spacial score (nSPS) is 12.7. The van der Waals surface area contributed by atoms with Crippen molar-refractivity contribution in [1.82, 2.24) is 5.32 Å². The highest BCUT2D eigenvalue weighted by Crippen LogP contribution is 1.95. The summed E-state index contributed by atoms with van der Waals surface area (Å²) in [5, 5.41) is 20.0. The molecule has 0 aromatic carbocycles. The highest BCUT2D eigenvalue weighted by atomic mass is 16.5. The first kappa shape index (κ1) is 13.4. The number of aliphatic carboxylic acids is 1. The smallest absolute Gasteiger partial charge is 0.320 e. The van der Waals surface area contributed by atoms with Gasteiger partial charge >= 0.3 is 5.97 Å². The summed E-state index contributed by atoms with van der Waals surface area (Å²) in [4.78, 5) is 10.7. The zero-order chi connectivity index (χ0) is 10.8. The van der Waals surface area contributed by atoms with Crippen molar-refractivity contribution in [3.63, 3.8) is 0 Å². The highest BCUT2D eigenvalue weighted by molar-refractivity contribution is 5.73. The molecule has 0 aliphatic carbocycles. The third-order valence-electron chi connectivity index (χ3n) is 1.75. The van der Waals surface area contributed by atoms with E-state index < -0.39 is 12.0 Å². The maximum atomic E-state index is 10.7. The van der Waals surface area contributed by atoms with Crippen LogP contribution in [0.15, 0.2) is 0 Å². The van der Waals surface area contributed by atoms with Crippen LogP contribution in [0, 0.1) is 0 Å². The number of nitrogens with one attached hydrogen (secondary N) is 1. The minimum Gasteiger partial charge on any atom is -0.480 e. The van der Waals surface area contributed by atoms with Crippen molar-refractivity contribution in [1.29, 1.82) is 0 Å². The van der Waals surface area contributed by atoms with Crippen molar-refractivity contribution in [2.24, 2.45) is 0 Å². The lowest BCUT2D eigenvalue weighted by Gasteiger charge is -2.12. The number of rotatable bonds is 9. The monoisotopic (exact) mass is 205 g/mol. The molecule has 0 rings (SSSR count). The van der Waals surface area contributed by atoms with E-state index in [1.165, 1.54) is 0 Å². The van der Waals surface area contributed by atoms with E-state index in [0.717, 1.165) is 6.42 Å². The fourth-order valence-corrected chi connectivity index (χ4v) is 1.07. The van der Waals surface area contributed by atoms with Gasteiger partial charge < -0.3 is 20.3 Å². The Balaban J connectivity index is 3.46. The van der Waals surface area contributed by atoms with Crippen molar-refractivity contribution in [2.45, 2.75) is 25.8 Å². The third-order valence-corrected chi connectivity index (χ3v) is 1.75. The number of hydrogen-bond acceptors (Lipinski definition) is 4. The number of hydrogen-bond donors (Lipinski definition) is 3. The first-order valence-corrected chi connectivity index (χ1v) is 4.87. The largest absolute Gasteiger partial charge is 0.480 e. The van der Waals surface area contributed by atoms with Gasteiger partial charge in [-0.2, -0.15) is 0 Å². The number of aliphatic hydroxyl groups excluding tert-OH is 1. The number of carboxylic acid groups (broad SMARTS) is 1. The van der Waals surface area contributed by atoms with Crippen molar-refractivity contribution in [3.05, 3.63) is 0 Å². The Morgan fingerprint density at radius 3 is 2.71 bits per heavy atom. The summed E-state index contributed by atoms with van der Waals surface area (Å²) in [7, 11) is 0. The van der Waals surface area contributed by atoms with Crippen LogP contribution >= 0.6 is 0 Å². The summed E-state index contributed by atoms with van der Waals surface area (Å²) in [5.41, 5.74) is 0. The summed E-state index contributed by atoms with van der Waals surface area (Å²) in [5.74, 6) is -0.825. The first-order chi connectivity index (χ1) is 6.72. The number of aliphatic hydroxyl groups is 1. The lowest BCUT2D eigenvalue weighted by molar-refractivity contribution is -0.139. The van der Waals surface area contributed by atoms with Crippen molar-refractivity contribution in [2.75, 3.05) is 26.4 Å². The minimum absolute atomic E-state index is 0.00266. The molecule has 1 unspecified atom stereocenters. The molecule has 0 radical (unpaired) electrons. The Morgan fingerprint density at radius 1 is 1.50 bits per heavy atom. The minimum atomic E-state index is -0.825. The predicted octanol–water partition coefficient (Wildman–Crippen LogP) is -0.162. The van der Waals surface area contributed by atoms with Gasteiger partial charge in [-0.25, -0.2) is 0 Å². The van der Waals surface area contributed by atoms with Crippen LogP contribution < -0.4 is 5.32 Å². The number of carboxylic acids is 1. The zero-order valence-corrected chi connectivity index (χ0v) is 8.53. The van der Waals surface area contributed by atoms with E-state index >= 15 is 0 Å². The van der Waals surface area contributed by atoms with Crippen molar-refractivity contribution >= 4 is 5.97 Å². The fourth-order valence-electron chi connectivity index (χ4n) is 1.07. The van der Waals surface area contributed by atoms with E-state index in [-0.39, 0.29) is 6.61 Å². The summed E-state index contributed by atoms with van der Waals surface area (Å²) in [6.07, 6.45) is 1.46. The highest BCUT2D eigenvalue weighted by Gasteiger charge is 2.14. The van der Waals surface area contributed by atoms with Gasteiger partial charge in [-0.1, -0.05) is 13.3 Å². The molecule has 0 bridgehead atoms. The van der Waals surface area contributed by atoms with Gasteiger partial charge in [0, 0.05) is 6.54 Å². The molecule has 84 valence electrons. The molecule has 0 aromatic heterocycles. The topological polar surface area (TPSA) is 78.8 Å². The SMILES string of the molecule is CCCC(NCCOCCO)C(=O)O. The van der Waals surface area contributed by atoms with Gasteiger partial charge in [0.2, 0.25) is 0 Å².